The predicted octanol–water partition coefficient (Wildman–Crippen LogP) is 3.28. The van der Waals surface area contributed by atoms with Crippen LogP contribution >= 0.6 is 0 Å². The maximum atomic E-state index is 11.6. The molecule has 0 spiro atoms. The Morgan fingerprint density at radius 3 is 2.61 bits per heavy atom. The highest BCUT2D eigenvalue weighted by atomic mass is 16.5. The van der Waals surface area contributed by atoms with E-state index >= 15 is 0 Å². The van der Waals surface area contributed by atoms with Gasteiger partial charge >= 0.3 is 5.97 Å². The van der Waals surface area contributed by atoms with E-state index in [4.69, 9.17) is 9.47 Å². The van der Waals surface area contributed by atoms with Crippen molar-refractivity contribution in [3.8, 4) is 5.75 Å². The van der Waals surface area contributed by atoms with Crippen LogP contribution in [0.15, 0.2) is 36.9 Å². The zero-order valence-electron chi connectivity index (χ0n) is 10.4. The van der Waals surface area contributed by atoms with Crippen LogP contribution in [0.5, 0.6) is 5.75 Å². The zero-order chi connectivity index (χ0) is 13.1. The molecule has 0 radical (unpaired) electrons. The molecular weight excluding hydrogens is 228 g/mol. The van der Waals surface area contributed by atoms with Gasteiger partial charge in [-0.1, -0.05) is 18.7 Å². The van der Waals surface area contributed by atoms with Gasteiger partial charge < -0.3 is 9.47 Å². The second-order valence-corrected chi connectivity index (χ2v) is 3.85. The summed E-state index contributed by atoms with van der Waals surface area (Å²) in [7, 11) is 2.99. The lowest BCUT2D eigenvalue weighted by molar-refractivity contribution is 0.0601. The Kier molecular flexibility index (Phi) is 3.33. The Bertz CT molecular complexity index is 614. The fourth-order valence-corrected chi connectivity index (χ4v) is 1.90. The fourth-order valence-electron chi connectivity index (χ4n) is 1.90. The van der Waals surface area contributed by atoms with Crippen molar-refractivity contribution in [1.29, 1.82) is 0 Å². The highest BCUT2D eigenvalue weighted by molar-refractivity contribution is 5.99. The van der Waals surface area contributed by atoms with Crippen LogP contribution in [0.3, 0.4) is 0 Å². The van der Waals surface area contributed by atoms with E-state index in [9.17, 15) is 4.79 Å². The standard InChI is InChI=1S/C15H14O3/c1-4-10-7-12(15(16)18-3)8-11-5-6-13(17-2)9-14(10)11/h4-9H,1H2,2-3H3. The largest absolute Gasteiger partial charge is 0.497 e. The normalized spacial score (nSPS) is 10.1. The van der Waals surface area contributed by atoms with Gasteiger partial charge in [-0.3, -0.25) is 0 Å². The monoisotopic (exact) mass is 242 g/mol. The number of ether oxygens (including phenoxy) is 2. The van der Waals surface area contributed by atoms with Crippen molar-refractivity contribution in [3.63, 3.8) is 0 Å². The smallest absolute Gasteiger partial charge is 0.337 e. The lowest BCUT2D eigenvalue weighted by Crippen LogP contribution is -2.01. The third-order valence-corrected chi connectivity index (χ3v) is 2.83. The van der Waals surface area contributed by atoms with Gasteiger partial charge in [0.25, 0.3) is 0 Å². The van der Waals surface area contributed by atoms with Gasteiger partial charge in [0, 0.05) is 0 Å². The number of esters is 1. The number of methoxy groups -OCH3 is 2. The minimum Gasteiger partial charge on any atom is -0.497 e. The fraction of sp³-hybridized carbons (Fsp3) is 0.133. The zero-order valence-corrected chi connectivity index (χ0v) is 10.4. The van der Waals surface area contributed by atoms with Crippen molar-refractivity contribution in [1.82, 2.24) is 0 Å². The van der Waals surface area contributed by atoms with Crippen LogP contribution in [0.4, 0.5) is 0 Å². The summed E-state index contributed by atoms with van der Waals surface area (Å²) in [5, 5.41) is 1.95. The van der Waals surface area contributed by atoms with Crippen molar-refractivity contribution in [2.45, 2.75) is 0 Å². The molecule has 0 aliphatic carbocycles. The van der Waals surface area contributed by atoms with Crippen LogP contribution in [0.2, 0.25) is 0 Å². The Morgan fingerprint density at radius 2 is 2.00 bits per heavy atom. The van der Waals surface area contributed by atoms with Crippen LogP contribution in [0.25, 0.3) is 16.8 Å². The summed E-state index contributed by atoms with van der Waals surface area (Å²) < 4.78 is 9.93. The quantitative estimate of drug-likeness (QED) is 0.775. The van der Waals surface area contributed by atoms with E-state index in [0.717, 1.165) is 22.1 Å². The molecule has 0 saturated heterocycles. The molecule has 0 saturated carbocycles. The lowest BCUT2D eigenvalue weighted by Gasteiger charge is -2.08. The molecular formula is C15H14O3. The molecule has 2 rings (SSSR count). The van der Waals surface area contributed by atoms with Gasteiger partial charge in [-0.15, -0.1) is 0 Å². The van der Waals surface area contributed by atoms with Gasteiger partial charge in [-0.05, 0) is 40.6 Å². The van der Waals surface area contributed by atoms with Crippen LogP contribution in [0.1, 0.15) is 15.9 Å². The van der Waals surface area contributed by atoms with Gasteiger partial charge in [0.2, 0.25) is 0 Å². The van der Waals surface area contributed by atoms with Crippen LogP contribution in [0, 0.1) is 0 Å². The van der Waals surface area contributed by atoms with E-state index in [1.54, 1.807) is 25.3 Å². The molecule has 0 N–H and O–H groups in total. The molecule has 0 bridgehead atoms. The molecule has 0 fully saturated rings. The van der Waals surface area contributed by atoms with Crippen LogP contribution < -0.4 is 4.74 Å². The van der Waals surface area contributed by atoms with Crippen molar-refractivity contribution < 1.29 is 14.3 Å². The second-order valence-electron chi connectivity index (χ2n) is 3.85. The molecule has 0 amide bonds. The molecule has 18 heavy (non-hydrogen) atoms. The molecule has 0 atom stereocenters. The second kappa shape index (κ2) is 4.92. The summed E-state index contributed by atoms with van der Waals surface area (Å²) in [6.07, 6.45) is 1.72. The SMILES string of the molecule is C=Cc1cc(C(=O)OC)cc2ccc(OC)cc12. The molecule has 0 heterocycles. The average molecular weight is 242 g/mol. The summed E-state index contributed by atoms with van der Waals surface area (Å²) in [5.74, 6) is 0.423. The highest BCUT2D eigenvalue weighted by Crippen LogP contribution is 2.26. The molecule has 3 heteroatoms. The third-order valence-electron chi connectivity index (χ3n) is 2.83. The minimum absolute atomic E-state index is 0.351. The van der Waals surface area contributed by atoms with Crippen molar-refractivity contribution >= 4 is 22.8 Å². The first-order chi connectivity index (χ1) is 8.69. The van der Waals surface area contributed by atoms with E-state index in [1.165, 1.54) is 7.11 Å². The number of carbonyl (C=O) groups is 1. The molecule has 0 aliphatic rings. The predicted molar refractivity (Wildman–Crippen MR) is 71.9 cm³/mol. The minimum atomic E-state index is -0.351. The number of hydrogen-bond acceptors (Lipinski definition) is 3. The molecule has 0 aliphatic heterocycles. The molecule has 3 nitrogen and oxygen atoms in total. The maximum Gasteiger partial charge on any atom is 0.337 e. The molecule has 2 aromatic rings. The first-order valence-corrected chi connectivity index (χ1v) is 5.52. The van der Waals surface area contributed by atoms with Crippen molar-refractivity contribution in [2.24, 2.45) is 0 Å². The highest BCUT2D eigenvalue weighted by Gasteiger charge is 2.09. The van der Waals surface area contributed by atoms with Crippen LogP contribution in [-0.4, -0.2) is 20.2 Å². The first kappa shape index (κ1) is 12.2. The van der Waals surface area contributed by atoms with Crippen LogP contribution in [-0.2, 0) is 4.74 Å². The maximum absolute atomic E-state index is 11.6. The molecule has 2 aromatic carbocycles. The molecule has 92 valence electrons. The molecule has 0 unspecified atom stereocenters. The Morgan fingerprint density at radius 1 is 1.22 bits per heavy atom. The summed E-state index contributed by atoms with van der Waals surface area (Å²) in [5.41, 5.74) is 1.40. The van der Waals surface area contributed by atoms with Gasteiger partial charge in [-0.2, -0.15) is 0 Å². The Balaban J connectivity index is 2.70. The summed E-state index contributed by atoms with van der Waals surface area (Å²) in [6, 6.07) is 9.26. The number of hydrogen-bond donors (Lipinski definition) is 0. The van der Waals surface area contributed by atoms with Gasteiger partial charge in [0.1, 0.15) is 5.75 Å². The Labute approximate surface area is 106 Å². The Hall–Kier alpha value is -2.29. The van der Waals surface area contributed by atoms with Gasteiger partial charge in [-0.25, -0.2) is 4.79 Å². The number of benzene rings is 2. The van der Waals surface area contributed by atoms with Crippen molar-refractivity contribution in [2.75, 3.05) is 14.2 Å². The third kappa shape index (κ3) is 2.07. The van der Waals surface area contributed by atoms with E-state index in [1.807, 2.05) is 18.2 Å². The van der Waals surface area contributed by atoms with E-state index in [2.05, 4.69) is 6.58 Å². The first-order valence-electron chi connectivity index (χ1n) is 5.52. The van der Waals surface area contributed by atoms with E-state index in [-0.39, 0.29) is 5.97 Å². The topological polar surface area (TPSA) is 35.5 Å². The summed E-state index contributed by atoms with van der Waals surface area (Å²) >= 11 is 0. The van der Waals surface area contributed by atoms with Crippen molar-refractivity contribution in [3.05, 3.63) is 48.0 Å². The van der Waals surface area contributed by atoms with E-state index in [0.29, 0.717) is 5.56 Å². The number of carbonyl (C=O) groups excluding carboxylic acids is 1. The number of rotatable bonds is 3. The lowest BCUT2D eigenvalue weighted by atomic mass is 10.0. The van der Waals surface area contributed by atoms with E-state index < -0.39 is 0 Å². The summed E-state index contributed by atoms with van der Waals surface area (Å²) in [4.78, 5) is 11.6. The van der Waals surface area contributed by atoms with Gasteiger partial charge in [0.15, 0.2) is 0 Å². The van der Waals surface area contributed by atoms with Gasteiger partial charge in [0.05, 0.1) is 19.8 Å². The summed E-state index contributed by atoms with van der Waals surface area (Å²) in [6.45, 7) is 3.77. The average Bonchev–Trinajstić information content (AvgIpc) is 2.44. The number of fused-ring (bicyclic) bond motifs is 1. The molecule has 0 aromatic heterocycles.